The summed E-state index contributed by atoms with van der Waals surface area (Å²) in [5, 5.41) is 0. The molecule has 0 bridgehead atoms. The molecule has 1 rings (SSSR count). The van der Waals surface area contributed by atoms with Crippen LogP contribution in [-0.4, -0.2) is 4.98 Å². The van der Waals surface area contributed by atoms with Crippen LogP contribution in [-0.2, 0) is 0 Å². The number of aromatic amines is 1. The zero-order chi connectivity index (χ0) is 8.43. The molecule has 0 amide bonds. The van der Waals surface area contributed by atoms with Crippen LogP contribution in [0.15, 0.2) is 17.1 Å². The molecular weight excluding hydrogens is 267 g/mol. The van der Waals surface area contributed by atoms with Gasteiger partial charge in [0.15, 0.2) is 5.43 Å². The molecule has 1 heterocycles. The summed E-state index contributed by atoms with van der Waals surface area (Å²) < 4.78 is 24.4. The first kappa shape index (κ1) is 8.63. The van der Waals surface area contributed by atoms with Gasteiger partial charge in [-0.05, 0) is 22.6 Å². The molecule has 5 heteroatoms. The molecule has 0 fully saturated rings. The molecule has 0 aliphatic heterocycles. The summed E-state index contributed by atoms with van der Waals surface area (Å²) in [7, 11) is 0. The van der Waals surface area contributed by atoms with Crippen LogP contribution in [0.1, 0.15) is 12.0 Å². The van der Waals surface area contributed by atoms with Crippen molar-refractivity contribution in [2.45, 2.75) is 6.43 Å². The number of halogens is 3. The predicted molar refractivity (Wildman–Crippen MR) is 44.7 cm³/mol. The molecule has 0 aromatic carbocycles. The Hall–Kier alpha value is -0.460. The number of rotatable bonds is 1. The number of hydrogen-bond donors (Lipinski definition) is 1. The maximum atomic E-state index is 11.9. The maximum Gasteiger partial charge on any atom is 0.269 e. The largest absolute Gasteiger partial charge is 0.356 e. The van der Waals surface area contributed by atoms with E-state index >= 15 is 0 Å². The minimum Gasteiger partial charge on any atom is -0.356 e. The zero-order valence-electron chi connectivity index (χ0n) is 5.27. The Morgan fingerprint density at radius 1 is 1.55 bits per heavy atom. The fourth-order valence-corrected chi connectivity index (χ4v) is 1.07. The summed E-state index contributed by atoms with van der Waals surface area (Å²) in [4.78, 5) is 13.3. The lowest BCUT2D eigenvalue weighted by Gasteiger charge is -1.96. The molecule has 0 radical (unpaired) electrons. The molecular formula is C6H4F2INO. The first-order valence-corrected chi connectivity index (χ1v) is 3.85. The van der Waals surface area contributed by atoms with Crippen LogP contribution in [0, 0.1) is 3.70 Å². The summed E-state index contributed by atoms with van der Waals surface area (Å²) in [6.45, 7) is 0. The second-order valence-corrected chi connectivity index (χ2v) is 3.06. The Bertz CT molecular complexity index is 310. The number of aromatic nitrogens is 1. The molecule has 2 nitrogen and oxygen atoms in total. The van der Waals surface area contributed by atoms with Crippen molar-refractivity contribution in [2.24, 2.45) is 0 Å². The van der Waals surface area contributed by atoms with Gasteiger partial charge in [0.1, 0.15) is 0 Å². The van der Waals surface area contributed by atoms with Crippen LogP contribution < -0.4 is 5.43 Å². The fourth-order valence-electron chi connectivity index (χ4n) is 0.628. The zero-order valence-corrected chi connectivity index (χ0v) is 7.43. The summed E-state index contributed by atoms with van der Waals surface area (Å²) in [5.74, 6) is 0. The van der Waals surface area contributed by atoms with Crippen molar-refractivity contribution in [2.75, 3.05) is 0 Å². The Balaban J connectivity index is 3.21. The lowest BCUT2D eigenvalue weighted by molar-refractivity contribution is 0.149. The van der Waals surface area contributed by atoms with Gasteiger partial charge in [-0.15, -0.1) is 0 Å². The second-order valence-electron chi connectivity index (χ2n) is 1.90. The number of H-pyrrole nitrogens is 1. The van der Waals surface area contributed by atoms with Gasteiger partial charge in [-0.1, -0.05) is 0 Å². The van der Waals surface area contributed by atoms with Crippen molar-refractivity contribution < 1.29 is 8.78 Å². The van der Waals surface area contributed by atoms with Gasteiger partial charge in [0, 0.05) is 12.3 Å². The van der Waals surface area contributed by atoms with Gasteiger partial charge in [-0.25, -0.2) is 8.78 Å². The van der Waals surface area contributed by atoms with E-state index in [1.54, 1.807) is 0 Å². The quantitative estimate of drug-likeness (QED) is 0.614. The Morgan fingerprint density at radius 3 is 2.64 bits per heavy atom. The molecule has 0 aliphatic rings. The molecule has 0 saturated carbocycles. The van der Waals surface area contributed by atoms with Gasteiger partial charge < -0.3 is 4.98 Å². The predicted octanol–water partition coefficient (Wildman–Crippen LogP) is 1.92. The third-order valence-electron chi connectivity index (χ3n) is 1.14. The molecule has 0 atom stereocenters. The molecule has 0 aliphatic carbocycles. The van der Waals surface area contributed by atoms with Crippen molar-refractivity contribution in [3.05, 3.63) is 31.8 Å². The first-order valence-electron chi connectivity index (χ1n) is 2.77. The van der Waals surface area contributed by atoms with Gasteiger partial charge in [0.2, 0.25) is 0 Å². The Morgan fingerprint density at radius 2 is 2.18 bits per heavy atom. The number of hydrogen-bond acceptors (Lipinski definition) is 1. The van der Waals surface area contributed by atoms with Crippen molar-refractivity contribution in [3.63, 3.8) is 0 Å². The highest BCUT2D eigenvalue weighted by atomic mass is 127. The third kappa shape index (κ3) is 1.98. The number of alkyl halides is 2. The Labute approximate surface area is 74.8 Å². The second kappa shape index (κ2) is 3.29. The van der Waals surface area contributed by atoms with Crippen LogP contribution in [0.5, 0.6) is 0 Å². The standard InChI is InChI=1S/C6H4F2INO/c7-6(8)3-2-10-5(9)1-4(3)11/h1-2,6H,(H,10,11). The molecule has 11 heavy (non-hydrogen) atoms. The van der Waals surface area contributed by atoms with Gasteiger partial charge in [-0.3, -0.25) is 4.79 Å². The first-order chi connectivity index (χ1) is 5.11. The summed E-state index contributed by atoms with van der Waals surface area (Å²) in [6.07, 6.45) is -1.66. The maximum absolute atomic E-state index is 11.9. The highest BCUT2D eigenvalue weighted by molar-refractivity contribution is 14.1. The third-order valence-corrected chi connectivity index (χ3v) is 1.77. The summed E-state index contributed by atoms with van der Waals surface area (Å²) in [5.41, 5.74) is -1.10. The SMILES string of the molecule is O=c1cc(I)[nH]cc1C(F)F. The van der Waals surface area contributed by atoms with Gasteiger partial charge in [0.05, 0.1) is 9.26 Å². The minimum absolute atomic E-state index is 0.481. The molecule has 0 saturated heterocycles. The van der Waals surface area contributed by atoms with Crippen LogP contribution in [0.3, 0.4) is 0 Å². The Kier molecular flexibility index (Phi) is 2.58. The van der Waals surface area contributed by atoms with E-state index in [9.17, 15) is 13.6 Å². The summed E-state index contributed by atoms with van der Waals surface area (Å²) in [6, 6.07) is 1.14. The highest BCUT2D eigenvalue weighted by Crippen LogP contribution is 2.13. The lowest BCUT2D eigenvalue weighted by atomic mass is 10.3. The molecule has 60 valence electrons. The molecule has 0 unspecified atom stereocenters. The lowest BCUT2D eigenvalue weighted by Crippen LogP contribution is -2.09. The molecule has 1 N–H and O–H groups in total. The van der Waals surface area contributed by atoms with Crippen LogP contribution in [0.2, 0.25) is 0 Å². The molecule has 1 aromatic heterocycles. The van der Waals surface area contributed by atoms with Crippen LogP contribution in [0.25, 0.3) is 0 Å². The number of pyridine rings is 1. The van der Waals surface area contributed by atoms with E-state index in [-0.39, 0.29) is 0 Å². The average Bonchev–Trinajstić information content (AvgIpc) is 1.85. The van der Waals surface area contributed by atoms with Gasteiger partial charge >= 0.3 is 0 Å². The van der Waals surface area contributed by atoms with Crippen LogP contribution in [0.4, 0.5) is 8.78 Å². The monoisotopic (exact) mass is 271 g/mol. The average molecular weight is 271 g/mol. The van der Waals surface area contributed by atoms with E-state index in [4.69, 9.17) is 0 Å². The smallest absolute Gasteiger partial charge is 0.269 e. The topological polar surface area (TPSA) is 32.9 Å². The highest BCUT2D eigenvalue weighted by Gasteiger charge is 2.10. The normalized spacial score (nSPS) is 10.5. The van der Waals surface area contributed by atoms with E-state index in [1.165, 1.54) is 0 Å². The minimum atomic E-state index is -2.70. The van der Waals surface area contributed by atoms with E-state index in [2.05, 4.69) is 4.98 Å². The van der Waals surface area contributed by atoms with Crippen molar-refractivity contribution in [1.82, 2.24) is 4.98 Å². The van der Waals surface area contributed by atoms with Gasteiger partial charge in [0.25, 0.3) is 6.43 Å². The fraction of sp³-hybridized carbons (Fsp3) is 0.167. The van der Waals surface area contributed by atoms with E-state index in [0.717, 1.165) is 12.3 Å². The van der Waals surface area contributed by atoms with Crippen LogP contribution >= 0.6 is 22.6 Å². The van der Waals surface area contributed by atoms with Crippen molar-refractivity contribution in [1.29, 1.82) is 0 Å². The molecule has 1 aromatic rings. The van der Waals surface area contributed by atoms with Crippen molar-refractivity contribution >= 4 is 22.6 Å². The van der Waals surface area contributed by atoms with Crippen molar-refractivity contribution in [3.8, 4) is 0 Å². The number of nitrogens with one attached hydrogen (secondary N) is 1. The van der Waals surface area contributed by atoms with E-state index in [1.807, 2.05) is 22.6 Å². The van der Waals surface area contributed by atoms with Gasteiger partial charge in [-0.2, -0.15) is 0 Å². The van der Waals surface area contributed by atoms with E-state index in [0.29, 0.717) is 3.70 Å². The molecule has 0 spiro atoms. The van der Waals surface area contributed by atoms with E-state index < -0.39 is 17.4 Å². The summed E-state index contributed by atoms with van der Waals surface area (Å²) >= 11 is 1.85.